The lowest BCUT2D eigenvalue weighted by Crippen LogP contribution is -2.55. The molecule has 1 aromatic carbocycles. The molecular formula is C36H36F4N8O3S. The number of nitrogens with zero attached hydrogens (tertiary/aromatic N) is 7. The van der Waals surface area contributed by atoms with Gasteiger partial charge in [-0.05, 0) is 56.7 Å². The molecule has 9 rings (SSSR count). The van der Waals surface area contributed by atoms with Gasteiger partial charge < -0.3 is 25.2 Å². The first-order chi connectivity index (χ1) is 25.1. The lowest BCUT2D eigenvalue weighted by Gasteiger charge is -2.42. The summed E-state index contributed by atoms with van der Waals surface area (Å²) in [5.74, 6) is -0.906. The molecule has 0 radical (unpaired) electrons. The minimum atomic E-state index is -1.66. The van der Waals surface area contributed by atoms with E-state index >= 15 is 8.78 Å². The first-order valence-corrected chi connectivity index (χ1v) is 18.4. The number of likely N-dealkylation sites (tertiary alicyclic amines) is 1. The van der Waals surface area contributed by atoms with E-state index < -0.39 is 29.4 Å². The lowest BCUT2D eigenvalue weighted by atomic mass is 9.93. The first kappa shape index (κ1) is 33.7. The van der Waals surface area contributed by atoms with Crippen LogP contribution in [0, 0.1) is 23.0 Å². The third-order valence-corrected chi connectivity index (χ3v) is 12.6. The second-order valence-corrected chi connectivity index (χ2v) is 15.8. The molecule has 0 amide bonds. The van der Waals surface area contributed by atoms with Gasteiger partial charge in [0.05, 0.1) is 52.4 Å². The van der Waals surface area contributed by atoms with Crippen molar-refractivity contribution in [2.24, 2.45) is 0 Å². The SMILES string of the molecule is C[C@@H](O)CN1CC2CCC(C1)N2c1nc(OC[C@]23CCCN2CC(=C(F)F)C3)nc2c(F)c(-c3ncc(F)c4sc(N)c(C#N)c34)c3c(c12)COC3. The molecule has 0 spiro atoms. The topological polar surface area (TPSA) is 137 Å². The molecule has 11 nitrogen and oxygen atoms in total. The number of β-amino-alcohol motifs (C(OH)–C–C–N with tert-alkyl or cyclic N) is 1. The first-order valence-electron chi connectivity index (χ1n) is 17.6. The average Bonchev–Trinajstić information content (AvgIpc) is 3.92. The second-order valence-electron chi connectivity index (χ2n) is 14.7. The number of fused-ring (bicyclic) bond motifs is 7. The molecule has 0 saturated carbocycles. The highest BCUT2D eigenvalue weighted by Crippen LogP contribution is 2.49. The van der Waals surface area contributed by atoms with Gasteiger partial charge in [0.15, 0.2) is 11.6 Å². The largest absolute Gasteiger partial charge is 0.461 e. The number of hydrogen-bond donors (Lipinski definition) is 2. The van der Waals surface area contributed by atoms with Gasteiger partial charge in [-0.1, -0.05) is 0 Å². The van der Waals surface area contributed by atoms with Gasteiger partial charge in [-0.3, -0.25) is 14.8 Å². The Morgan fingerprint density at radius 1 is 1.19 bits per heavy atom. The van der Waals surface area contributed by atoms with Crippen molar-refractivity contribution in [2.75, 3.05) is 50.0 Å². The van der Waals surface area contributed by atoms with Crippen LogP contribution in [0.4, 0.5) is 28.4 Å². The van der Waals surface area contributed by atoms with Gasteiger partial charge >= 0.3 is 6.01 Å². The zero-order valence-corrected chi connectivity index (χ0v) is 29.2. The van der Waals surface area contributed by atoms with Gasteiger partial charge in [-0.2, -0.15) is 24.0 Å². The molecule has 0 aliphatic carbocycles. The van der Waals surface area contributed by atoms with Crippen molar-refractivity contribution < 1.29 is 32.1 Å². The molecule has 16 heteroatoms. The number of nitriles is 1. The van der Waals surface area contributed by atoms with E-state index in [4.69, 9.17) is 20.2 Å². The van der Waals surface area contributed by atoms with Crippen molar-refractivity contribution in [3.63, 3.8) is 0 Å². The normalized spacial score (nSPS) is 24.9. The Labute approximate surface area is 300 Å². The number of benzene rings is 1. The Kier molecular flexibility index (Phi) is 8.08. The van der Waals surface area contributed by atoms with Crippen molar-refractivity contribution in [3.8, 4) is 23.3 Å². The molecule has 8 heterocycles. The quantitative estimate of drug-likeness (QED) is 0.234. The number of nitrogen functional groups attached to an aromatic ring is 1. The summed E-state index contributed by atoms with van der Waals surface area (Å²) in [6, 6.07) is 2.01. The van der Waals surface area contributed by atoms with E-state index in [1.165, 1.54) is 0 Å². The highest BCUT2D eigenvalue weighted by atomic mass is 32.1. The van der Waals surface area contributed by atoms with Crippen LogP contribution in [0.1, 0.15) is 55.7 Å². The summed E-state index contributed by atoms with van der Waals surface area (Å²) in [6.45, 7) is 4.74. The number of nitrogens with two attached hydrogens (primary N) is 1. The number of aliphatic hydroxyl groups excluding tert-OH is 1. The van der Waals surface area contributed by atoms with Gasteiger partial charge in [0.2, 0.25) is 0 Å². The minimum Gasteiger partial charge on any atom is -0.461 e. The number of aromatic nitrogens is 3. The number of ether oxygens (including phenoxy) is 2. The molecule has 52 heavy (non-hydrogen) atoms. The summed E-state index contributed by atoms with van der Waals surface area (Å²) in [4.78, 5) is 20.5. The third kappa shape index (κ3) is 5.15. The van der Waals surface area contributed by atoms with E-state index in [1.54, 1.807) is 6.92 Å². The third-order valence-electron chi connectivity index (χ3n) is 11.5. The number of anilines is 2. The van der Waals surface area contributed by atoms with Crippen molar-refractivity contribution in [1.82, 2.24) is 24.8 Å². The minimum absolute atomic E-state index is 0.0169. The highest BCUT2D eigenvalue weighted by molar-refractivity contribution is 7.23. The molecule has 272 valence electrons. The van der Waals surface area contributed by atoms with E-state index in [1.807, 2.05) is 11.0 Å². The molecule has 3 aromatic heterocycles. The average molecular weight is 737 g/mol. The second kappa shape index (κ2) is 12.5. The van der Waals surface area contributed by atoms with Crippen molar-refractivity contribution in [3.05, 3.63) is 46.2 Å². The summed E-state index contributed by atoms with van der Waals surface area (Å²) in [5.41, 5.74) is 6.87. The summed E-state index contributed by atoms with van der Waals surface area (Å²) < 4.78 is 72.5. The standard InChI is InChI=1S/C36H36F4N8O3S/c1-17(49)10-46-12-19-3-4-20(13-46)48(19)34-27-23-15-50-14-22(23)25(29-26-21(8-41)33(42)52-31(26)24(37)9-43-29)28(38)30(27)44-35(45-34)51-16-36-5-2-6-47(36)11-18(7-36)32(39)40/h9,17,19-20,49H,2-7,10-16,42H2,1H3/t17-,19?,20?,36-/m1/s1. The fourth-order valence-corrected chi connectivity index (χ4v) is 10.3. The smallest absolute Gasteiger partial charge is 0.319 e. The number of aliphatic hydroxyl groups is 1. The zero-order chi connectivity index (χ0) is 36.1. The van der Waals surface area contributed by atoms with Crippen LogP contribution in [0.15, 0.2) is 17.9 Å². The Hall–Kier alpha value is -4.14. The molecule has 3 N–H and O–H groups in total. The zero-order valence-electron chi connectivity index (χ0n) is 28.4. The molecule has 4 fully saturated rings. The van der Waals surface area contributed by atoms with Crippen LogP contribution in [0.3, 0.4) is 0 Å². The van der Waals surface area contributed by atoms with Crippen LogP contribution >= 0.6 is 11.3 Å². The molecule has 2 unspecified atom stereocenters. The predicted octanol–water partition coefficient (Wildman–Crippen LogP) is 5.47. The Morgan fingerprint density at radius 3 is 2.69 bits per heavy atom. The summed E-state index contributed by atoms with van der Waals surface area (Å²) in [7, 11) is 0. The van der Waals surface area contributed by atoms with Crippen LogP contribution in [-0.4, -0.2) is 92.9 Å². The van der Waals surface area contributed by atoms with Crippen LogP contribution in [0.2, 0.25) is 0 Å². The molecule has 4 atom stereocenters. The number of hydrogen-bond acceptors (Lipinski definition) is 12. The van der Waals surface area contributed by atoms with Gasteiger partial charge in [-0.15, -0.1) is 11.3 Å². The maximum atomic E-state index is 17.5. The van der Waals surface area contributed by atoms with Crippen molar-refractivity contribution in [1.29, 1.82) is 5.26 Å². The Morgan fingerprint density at radius 2 is 1.96 bits per heavy atom. The number of rotatable bonds is 7. The van der Waals surface area contributed by atoms with E-state index in [9.17, 15) is 19.1 Å². The van der Waals surface area contributed by atoms with Crippen LogP contribution < -0.4 is 15.4 Å². The summed E-state index contributed by atoms with van der Waals surface area (Å²) in [6.07, 6.45) is 2.28. The van der Waals surface area contributed by atoms with E-state index in [2.05, 4.69) is 19.8 Å². The highest BCUT2D eigenvalue weighted by Gasteiger charge is 2.49. The Balaban J connectivity index is 1.23. The van der Waals surface area contributed by atoms with Crippen LogP contribution in [0.5, 0.6) is 6.01 Å². The summed E-state index contributed by atoms with van der Waals surface area (Å²) >= 11 is 0.904. The van der Waals surface area contributed by atoms with Gasteiger partial charge in [0, 0.05) is 54.8 Å². The van der Waals surface area contributed by atoms with E-state index in [-0.39, 0.29) is 93.9 Å². The molecule has 4 saturated heterocycles. The van der Waals surface area contributed by atoms with Crippen LogP contribution in [-0.2, 0) is 18.0 Å². The van der Waals surface area contributed by atoms with Crippen LogP contribution in [0.25, 0.3) is 32.2 Å². The maximum Gasteiger partial charge on any atom is 0.319 e. The van der Waals surface area contributed by atoms with E-state index in [0.29, 0.717) is 54.9 Å². The molecule has 5 aliphatic heterocycles. The lowest BCUT2D eigenvalue weighted by molar-refractivity contribution is 0.107. The van der Waals surface area contributed by atoms with Gasteiger partial charge in [0.25, 0.3) is 6.08 Å². The molecular weight excluding hydrogens is 701 g/mol. The summed E-state index contributed by atoms with van der Waals surface area (Å²) in [5, 5.41) is 20.9. The van der Waals surface area contributed by atoms with Crippen molar-refractivity contribution >= 4 is 43.1 Å². The Bertz CT molecular complexity index is 2210. The fraction of sp³-hybridized carbons (Fsp3) is 0.500. The fourth-order valence-electron chi connectivity index (χ4n) is 9.40. The molecule has 4 aromatic rings. The number of halogens is 4. The monoisotopic (exact) mass is 736 g/mol. The number of pyridine rings is 1. The number of thiophene rings is 1. The number of piperazine rings is 1. The molecule has 2 bridgehead atoms. The van der Waals surface area contributed by atoms with Gasteiger partial charge in [0.1, 0.15) is 29.0 Å². The van der Waals surface area contributed by atoms with E-state index in [0.717, 1.165) is 36.8 Å². The molecule has 5 aliphatic rings. The maximum absolute atomic E-state index is 17.5. The van der Waals surface area contributed by atoms with Gasteiger partial charge in [-0.25, -0.2) is 8.78 Å². The van der Waals surface area contributed by atoms with Crippen molar-refractivity contribution in [2.45, 2.75) is 76.0 Å². The predicted molar refractivity (Wildman–Crippen MR) is 186 cm³/mol.